The average molecular weight is 274 g/mol. The Hall–Kier alpha value is -1.94. The van der Waals surface area contributed by atoms with Gasteiger partial charge in [-0.3, -0.25) is 0 Å². The van der Waals surface area contributed by atoms with Crippen molar-refractivity contribution in [1.29, 1.82) is 0 Å². The smallest absolute Gasteiger partial charge is 0.124 e. The highest BCUT2D eigenvalue weighted by molar-refractivity contribution is 5.51. The first-order chi connectivity index (χ1) is 9.78. The van der Waals surface area contributed by atoms with Crippen LogP contribution < -0.4 is 10.1 Å². The van der Waals surface area contributed by atoms with Gasteiger partial charge >= 0.3 is 0 Å². The van der Waals surface area contributed by atoms with Gasteiger partial charge in [0, 0.05) is 29.7 Å². The highest BCUT2D eigenvalue weighted by Gasteiger charge is 2.05. The van der Waals surface area contributed by atoms with Crippen LogP contribution in [0.15, 0.2) is 36.5 Å². The summed E-state index contributed by atoms with van der Waals surface area (Å²) in [5, 5.41) is 12.8. The fourth-order valence-corrected chi connectivity index (χ4v) is 2.22. The summed E-state index contributed by atoms with van der Waals surface area (Å²) in [7, 11) is 0. The van der Waals surface area contributed by atoms with Crippen LogP contribution in [0.25, 0.3) is 0 Å². The van der Waals surface area contributed by atoms with Crippen molar-refractivity contribution in [1.82, 2.24) is 4.57 Å². The SMILES string of the molecule is CCOc1ccc(NCc2cccn2CC)cc1CO. The second-order valence-corrected chi connectivity index (χ2v) is 4.55. The second kappa shape index (κ2) is 7.01. The van der Waals surface area contributed by atoms with Gasteiger partial charge in [-0.1, -0.05) is 0 Å². The Labute approximate surface area is 120 Å². The molecule has 0 bridgehead atoms. The van der Waals surface area contributed by atoms with E-state index in [1.54, 1.807) is 0 Å². The van der Waals surface area contributed by atoms with Crippen LogP contribution in [0.5, 0.6) is 5.75 Å². The number of benzene rings is 1. The van der Waals surface area contributed by atoms with Gasteiger partial charge < -0.3 is 19.7 Å². The Morgan fingerprint density at radius 2 is 2.10 bits per heavy atom. The van der Waals surface area contributed by atoms with Crippen LogP contribution in [-0.2, 0) is 19.7 Å². The van der Waals surface area contributed by atoms with Gasteiger partial charge in [0.1, 0.15) is 5.75 Å². The van der Waals surface area contributed by atoms with Crippen LogP contribution >= 0.6 is 0 Å². The number of nitrogens with zero attached hydrogens (tertiary/aromatic N) is 1. The Balaban J connectivity index is 2.06. The molecule has 1 aromatic heterocycles. The van der Waals surface area contributed by atoms with E-state index in [4.69, 9.17) is 4.74 Å². The quantitative estimate of drug-likeness (QED) is 0.816. The Morgan fingerprint density at radius 1 is 1.25 bits per heavy atom. The molecule has 4 nitrogen and oxygen atoms in total. The Morgan fingerprint density at radius 3 is 2.80 bits per heavy atom. The van der Waals surface area contributed by atoms with Gasteiger partial charge in [0.15, 0.2) is 0 Å². The number of aliphatic hydroxyl groups excluding tert-OH is 1. The molecule has 0 atom stereocenters. The number of anilines is 1. The molecule has 0 aliphatic carbocycles. The van der Waals surface area contributed by atoms with E-state index in [2.05, 4.69) is 35.1 Å². The van der Waals surface area contributed by atoms with Crippen molar-refractivity contribution in [2.45, 2.75) is 33.5 Å². The molecule has 0 amide bonds. The van der Waals surface area contributed by atoms with Crippen molar-refractivity contribution in [3.8, 4) is 5.75 Å². The minimum Gasteiger partial charge on any atom is -0.494 e. The van der Waals surface area contributed by atoms with Crippen molar-refractivity contribution in [3.05, 3.63) is 47.8 Å². The lowest BCUT2D eigenvalue weighted by Gasteiger charge is -2.13. The topological polar surface area (TPSA) is 46.4 Å². The molecule has 0 spiro atoms. The van der Waals surface area contributed by atoms with Crippen LogP contribution in [0.1, 0.15) is 25.1 Å². The third-order valence-corrected chi connectivity index (χ3v) is 3.27. The minimum atomic E-state index is -0.0177. The largest absolute Gasteiger partial charge is 0.494 e. The molecule has 4 heteroatoms. The number of nitrogens with one attached hydrogen (secondary N) is 1. The van der Waals surface area contributed by atoms with E-state index in [0.29, 0.717) is 6.61 Å². The van der Waals surface area contributed by atoms with Crippen LogP contribution in [0.4, 0.5) is 5.69 Å². The number of aryl methyl sites for hydroxylation is 1. The lowest BCUT2D eigenvalue weighted by atomic mass is 10.2. The van der Waals surface area contributed by atoms with E-state index >= 15 is 0 Å². The van der Waals surface area contributed by atoms with Gasteiger partial charge in [-0.15, -0.1) is 0 Å². The van der Waals surface area contributed by atoms with Gasteiger partial charge in [0.2, 0.25) is 0 Å². The lowest BCUT2D eigenvalue weighted by Crippen LogP contribution is -2.06. The van der Waals surface area contributed by atoms with Crippen LogP contribution in [-0.4, -0.2) is 16.3 Å². The Bertz CT molecular complexity index is 549. The summed E-state index contributed by atoms with van der Waals surface area (Å²) in [6.07, 6.45) is 2.08. The fourth-order valence-electron chi connectivity index (χ4n) is 2.22. The number of hydrogen-bond donors (Lipinski definition) is 2. The molecule has 1 aromatic carbocycles. The first kappa shape index (κ1) is 14.5. The predicted molar refractivity (Wildman–Crippen MR) is 81.0 cm³/mol. The second-order valence-electron chi connectivity index (χ2n) is 4.55. The highest BCUT2D eigenvalue weighted by atomic mass is 16.5. The van der Waals surface area contributed by atoms with Crippen LogP contribution in [0, 0.1) is 0 Å². The third kappa shape index (κ3) is 3.33. The zero-order valence-electron chi connectivity index (χ0n) is 12.1. The average Bonchev–Trinajstić information content (AvgIpc) is 2.94. The van der Waals surface area contributed by atoms with E-state index in [0.717, 1.165) is 30.1 Å². The lowest BCUT2D eigenvalue weighted by molar-refractivity contribution is 0.267. The van der Waals surface area contributed by atoms with Crippen LogP contribution in [0.3, 0.4) is 0 Å². The van der Waals surface area contributed by atoms with Gasteiger partial charge in [-0.05, 0) is 44.2 Å². The highest BCUT2D eigenvalue weighted by Crippen LogP contribution is 2.23. The molecule has 0 saturated carbocycles. The first-order valence-corrected chi connectivity index (χ1v) is 7.03. The maximum absolute atomic E-state index is 9.39. The molecule has 2 rings (SSSR count). The summed E-state index contributed by atoms with van der Waals surface area (Å²) in [6, 6.07) is 9.97. The Kier molecular flexibility index (Phi) is 5.07. The molecule has 0 fully saturated rings. The zero-order valence-corrected chi connectivity index (χ0v) is 12.1. The number of rotatable bonds is 7. The van der Waals surface area contributed by atoms with Gasteiger partial charge in [-0.2, -0.15) is 0 Å². The molecule has 20 heavy (non-hydrogen) atoms. The summed E-state index contributed by atoms with van der Waals surface area (Å²) in [5.41, 5.74) is 3.04. The van der Waals surface area contributed by atoms with E-state index in [1.807, 2.05) is 25.1 Å². The van der Waals surface area contributed by atoms with Crippen LogP contribution in [0.2, 0.25) is 0 Å². The standard InChI is InChI=1S/C16H22N2O2/c1-3-18-9-5-6-15(18)11-17-14-7-8-16(20-4-2)13(10-14)12-19/h5-10,17,19H,3-4,11-12H2,1-2H3. The summed E-state index contributed by atoms with van der Waals surface area (Å²) in [4.78, 5) is 0. The first-order valence-electron chi connectivity index (χ1n) is 7.03. The van der Waals surface area contributed by atoms with Gasteiger partial charge in [0.25, 0.3) is 0 Å². The molecule has 0 saturated heterocycles. The van der Waals surface area contributed by atoms with Crippen molar-refractivity contribution >= 4 is 5.69 Å². The minimum absolute atomic E-state index is 0.0177. The zero-order chi connectivity index (χ0) is 14.4. The van der Waals surface area contributed by atoms with Crippen molar-refractivity contribution < 1.29 is 9.84 Å². The summed E-state index contributed by atoms with van der Waals surface area (Å²) < 4.78 is 7.68. The van der Waals surface area contributed by atoms with E-state index in [1.165, 1.54) is 5.69 Å². The molecule has 0 radical (unpaired) electrons. The monoisotopic (exact) mass is 274 g/mol. The van der Waals surface area contributed by atoms with Gasteiger partial charge in [0.05, 0.1) is 19.8 Å². The number of aromatic nitrogens is 1. The number of ether oxygens (including phenoxy) is 1. The normalized spacial score (nSPS) is 10.6. The number of hydrogen-bond acceptors (Lipinski definition) is 3. The predicted octanol–water partition coefficient (Wildman–Crippen LogP) is 3.01. The number of aliphatic hydroxyl groups is 1. The molecule has 108 valence electrons. The molecular weight excluding hydrogens is 252 g/mol. The fraction of sp³-hybridized carbons (Fsp3) is 0.375. The molecule has 1 heterocycles. The molecule has 2 aromatic rings. The molecular formula is C16H22N2O2. The third-order valence-electron chi connectivity index (χ3n) is 3.27. The van der Waals surface area contributed by atoms with Gasteiger partial charge in [-0.25, -0.2) is 0 Å². The van der Waals surface area contributed by atoms with E-state index in [-0.39, 0.29) is 6.61 Å². The molecule has 0 aliphatic rings. The van der Waals surface area contributed by atoms with E-state index < -0.39 is 0 Å². The summed E-state index contributed by atoms with van der Waals surface area (Å²) in [6.45, 7) is 6.38. The summed E-state index contributed by atoms with van der Waals surface area (Å²) in [5.74, 6) is 0.748. The maximum atomic E-state index is 9.39. The maximum Gasteiger partial charge on any atom is 0.124 e. The van der Waals surface area contributed by atoms with Crippen molar-refractivity contribution in [2.24, 2.45) is 0 Å². The van der Waals surface area contributed by atoms with Crippen molar-refractivity contribution in [3.63, 3.8) is 0 Å². The molecule has 2 N–H and O–H groups in total. The summed E-state index contributed by atoms with van der Waals surface area (Å²) >= 11 is 0. The molecule has 0 unspecified atom stereocenters. The molecule has 0 aliphatic heterocycles. The van der Waals surface area contributed by atoms with Crippen molar-refractivity contribution in [2.75, 3.05) is 11.9 Å². The van der Waals surface area contributed by atoms with E-state index in [9.17, 15) is 5.11 Å².